The average molecular weight is 265 g/mol. The summed E-state index contributed by atoms with van der Waals surface area (Å²) in [6.07, 6.45) is 5.13. The predicted molar refractivity (Wildman–Crippen MR) is 83.8 cm³/mol. The normalized spacial score (nSPS) is 10.8. The lowest BCUT2D eigenvalue weighted by Crippen LogP contribution is -2.06. The molecule has 1 aromatic carbocycles. The quantitative estimate of drug-likeness (QED) is 0.754. The molecule has 0 fully saturated rings. The minimum absolute atomic E-state index is 0.846. The van der Waals surface area contributed by atoms with Crippen LogP contribution in [0.3, 0.4) is 0 Å². The Morgan fingerprint density at radius 3 is 3.00 bits per heavy atom. The Kier molecular flexibility index (Phi) is 3.68. The number of hydrogen-bond donors (Lipinski definition) is 1. The van der Waals surface area contributed by atoms with Crippen LogP contribution in [-0.4, -0.2) is 9.55 Å². The van der Waals surface area contributed by atoms with Gasteiger partial charge in [0.1, 0.15) is 0 Å². The summed E-state index contributed by atoms with van der Waals surface area (Å²) in [4.78, 5) is 4.34. The third-order valence-corrected chi connectivity index (χ3v) is 3.46. The van der Waals surface area contributed by atoms with Gasteiger partial charge in [0.05, 0.1) is 12.1 Å². The molecule has 2 aromatic heterocycles. The molecule has 0 saturated carbocycles. The van der Waals surface area contributed by atoms with Crippen LogP contribution in [0.4, 0.5) is 5.69 Å². The lowest BCUT2D eigenvalue weighted by molar-refractivity contribution is 0.654. The first-order valence-corrected chi connectivity index (χ1v) is 7.09. The molecule has 0 spiro atoms. The number of fused-ring (bicyclic) bond motifs is 1. The second-order valence-electron chi connectivity index (χ2n) is 4.96. The van der Waals surface area contributed by atoms with Gasteiger partial charge >= 0.3 is 0 Å². The molecular formula is C17H19N3. The van der Waals surface area contributed by atoms with E-state index in [1.807, 2.05) is 12.3 Å². The van der Waals surface area contributed by atoms with Gasteiger partial charge in [-0.2, -0.15) is 0 Å². The summed E-state index contributed by atoms with van der Waals surface area (Å²) in [5.74, 6) is 0. The van der Waals surface area contributed by atoms with E-state index in [1.165, 1.54) is 11.1 Å². The van der Waals surface area contributed by atoms with E-state index >= 15 is 0 Å². The molecule has 0 aliphatic carbocycles. The van der Waals surface area contributed by atoms with Crippen molar-refractivity contribution in [2.75, 3.05) is 5.32 Å². The van der Waals surface area contributed by atoms with Crippen LogP contribution < -0.4 is 5.32 Å². The van der Waals surface area contributed by atoms with Crippen molar-refractivity contribution in [2.45, 2.75) is 26.4 Å². The highest BCUT2D eigenvalue weighted by Gasteiger charge is 2.01. The molecule has 1 N–H and O–H groups in total. The Labute approximate surface area is 119 Å². The molecule has 0 aliphatic heterocycles. The molecule has 0 atom stereocenters. The van der Waals surface area contributed by atoms with E-state index < -0.39 is 0 Å². The maximum atomic E-state index is 4.34. The van der Waals surface area contributed by atoms with Crippen molar-refractivity contribution < 1.29 is 0 Å². The van der Waals surface area contributed by atoms with Crippen molar-refractivity contribution in [3.8, 4) is 0 Å². The third kappa shape index (κ3) is 2.67. The molecule has 0 radical (unpaired) electrons. The van der Waals surface area contributed by atoms with E-state index in [4.69, 9.17) is 0 Å². The summed E-state index contributed by atoms with van der Waals surface area (Å²) in [5, 5.41) is 4.66. The number of aromatic nitrogens is 2. The smallest absolute Gasteiger partial charge is 0.0703 e. The molecule has 0 unspecified atom stereocenters. The van der Waals surface area contributed by atoms with Crippen molar-refractivity contribution in [1.82, 2.24) is 9.55 Å². The van der Waals surface area contributed by atoms with Gasteiger partial charge in [-0.25, -0.2) is 0 Å². The third-order valence-electron chi connectivity index (χ3n) is 3.46. The van der Waals surface area contributed by atoms with Crippen molar-refractivity contribution in [2.24, 2.45) is 0 Å². The largest absolute Gasteiger partial charge is 0.379 e. The van der Waals surface area contributed by atoms with Crippen LogP contribution in [0.25, 0.3) is 10.9 Å². The van der Waals surface area contributed by atoms with Crippen LogP contribution in [0.15, 0.2) is 54.9 Å². The Bertz CT molecular complexity index is 700. The fourth-order valence-electron chi connectivity index (χ4n) is 2.45. The number of rotatable bonds is 5. The maximum absolute atomic E-state index is 4.34. The monoisotopic (exact) mass is 265 g/mol. The fraction of sp³-hybridized carbons (Fsp3) is 0.235. The lowest BCUT2D eigenvalue weighted by atomic mass is 10.2. The van der Waals surface area contributed by atoms with Gasteiger partial charge in [-0.05, 0) is 42.8 Å². The first-order chi connectivity index (χ1) is 9.86. The highest BCUT2D eigenvalue weighted by Crippen LogP contribution is 2.17. The lowest BCUT2D eigenvalue weighted by Gasteiger charge is -2.10. The van der Waals surface area contributed by atoms with Gasteiger partial charge in [0.15, 0.2) is 0 Å². The second-order valence-corrected chi connectivity index (χ2v) is 4.96. The molecule has 0 amide bonds. The standard InChI is InChI=1S/C17H19N3/c1-2-10-20-11-4-6-16(20)13-19-15-7-8-17-14(12-15)5-3-9-18-17/h3-9,11-12,19H,2,10,13H2,1H3. The van der Waals surface area contributed by atoms with Gasteiger partial charge in [0.2, 0.25) is 0 Å². The molecule has 20 heavy (non-hydrogen) atoms. The number of pyridine rings is 1. The molecule has 0 bridgehead atoms. The first kappa shape index (κ1) is 12.7. The van der Waals surface area contributed by atoms with Crippen LogP contribution in [0.2, 0.25) is 0 Å². The zero-order valence-corrected chi connectivity index (χ0v) is 11.7. The molecule has 2 heterocycles. The van der Waals surface area contributed by atoms with Gasteiger partial charge in [-0.3, -0.25) is 4.98 Å². The number of hydrogen-bond acceptors (Lipinski definition) is 2. The predicted octanol–water partition coefficient (Wildman–Crippen LogP) is 4.06. The van der Waals surface area contributed by atoms with Crippen LogP contribution in [0.5, 0.6) is 0 Å². The molecule has 0 saturated heterocycles. The molecule has 3 rings (SSSR count). The molecular weight excluding hydrogens is 246 g/mol. The number of anilines is 1. The van der Waals surface area contributed by atoms with Gasteiger partial charge in [0.25, 0.3) is 0 Å². The minimum Gasteiger partial charge on any atom is -0.379 e. The number of nitrogens with one attached hydrogen (secondary N) is 1. The van der Waals surface area contributed by atoms with Gasteiger partial charge in [-0.15, -0.1) is 0 Å². The number of nitrogens with zero attached hydrogens (tertiary/aromatic N) is 2. The second kappa shape index (κ2) is 5.78. The van der Waals surface area contributed by atoms with E-state index in [9.17, 15) is 0 Å². The van der Waals surface area contributed by atoms with Gasteiger partial charge < -0.3 is 9.88 Å². The SMILES string of the molecule is CCCn1cccc1CNc1ccc2ncccc2c1. The average Bonchev–Trinajstić information content (AvgIpc) is 2.93. The summed E-state index contributed by atoms with van der Waals surface area (Å²) in [6, 6.07) is 14.6. The molecule has 102 valence electrons. The van der Waals surface area contributed by atoms with Crippen LogP contribution in [0, 0.1) is 0 Å². The van der Waals surface area contributed by atoms with Gasteiger partial charge in [-0.1, -0.05) is 13.0 Å². The van der Waals surface area contributed by atoms with Crippen LogP contribution >= 0.6 is 0 Å². The van der Waals surface area contributed by atoms with E-state index in [0.29, 0.717) is 0 Å². The maximum Gasteiger partial charge on any atom is 0.0703 e. The van der Waals surface area contributed by atoms with E-state index in [2.05, 4.69) is 64.4 Å². The number of aryl methyl sites for hydroxylation is 1. The highest BCUT2D eigenvalue weighted by molar-refractivity contribution is 5.82. The zero-order chi connectivity index (χ0) is 13.8. The number of benzene rings is 1. The summed E-state index contributed by atoms with van der Waals surface area (Å²) >= 11 is 0. The zero-order valence-electron chi connectivity index (χ0n) is 11.7. The van der Waals surface area contributed by atoms with Crippen molar-refractivity contribution in [3.63, 3.8) is 0 Å². The Morgan fingerprint density at radius 2 is 2.10 bits per heavy atom. The van der Waals surface area contributed by atoms with Crippen molar-refractivity contribution >= 4 is 16.6 Å². The van der Waals surface area contributed by atoms with E-state index in [-0.39, 0.29) is 0 Å². The van der Waals surface area contributed by atoms with Crippen LogP contribution in [0.1, 0.15) is 19.0 Å². The summed E-state index contributed by atoms with van der Waals surface area (Å²) in [5.41, 5.74) is 3.49. The first-order valence-electron chi connectivity index (χ1n) is 7.09. The summed E-state index contributed by atoms with van der Waals surface area (Å²) in [6.45, 7) is 4.12. The Hall–Kier alpha value is -2.29. The minimum atomic E-state index is 0.846. The topological polar surface area (TPSA) is 29.9 Å². The summed E-state index contributed by atoms with van der Waals surface area (Å²) in [7, 11) is 0. The molecule has 3 nitrogen and oxygen atoms in total. The van der Waals surface area contributed by atoms with E-state index in [0.717, 1.165) is 30.7 Å². The Morgan fingerprint density at radius 1 is 1.15 bits per heavy atom. The molecule has 3 heteroatoms. The molecule has 3 aromatic rings. The Balaban J connectivity index is 1.74. The van der Waals surface area contributed by atoms with Gasteiger partial charge in [0, 0.05) is 35.7 Å². The van der Waals surface area contributed by atoms with E-state index in [1.54, 1.807) is 0 Å². The van der Waals surface area contributed by atoms with Crippen LogP contribution in [-0.2, 0) is 13.1 Å². The highest BCUT2D eigenvalue weighted by atomic mass is 15.0. The molecule has 0 aliphatic rings. The summed E-state index contributed by atoms with van der Waals surface area (Å²) < 4.78 is 2.30. The van der Waals surface area contributed by atoms with Crippen molar-refractivity contribution in [1.29, 1.82) is 0 Å². The van der Waals surface area contributed by atoms with Crippen molar-refractivity contribution in [3.05, 3.63) is 60.6 Å². The fourth-order valence-corrected chi connectivity index (χ4v) is 2.45.